The zero-order chi connectivity index (χ0) is 19.5. The van der Waals surface area contributed by atoms with Gasteiger partial charge in [-0.3, -0.25) is 14.2 Å². The van der Waals surface area contributed by atoms with Crippen molar-refractivity contribution in [3.05, 3.63) is 52.0 Å². The van der Waals surface area contributed by atoms with Gasteiger partial charge in [-0.15, -0.1) is 11.3 Å². The fourth-order valence-electron chi connectivity index (χ4n) is 3.44. The molecule has 8 heteroatoms. The van der Waals surface area contributed by atoms with Gasteiger partial charge in [0.1, 0.15) is 10.6 Å². The third kappa shape index (κ3) is 3.77. The lowest BCUT2D eigenvalue weighted by atomic mass is 10.2. The van der Waals surface area contributed by atoms with Gasteiger partial charge in [-0.1, -0.05) is 13.0 Å². The van der Waals surface area contributed by atoms with Gasteiger partial charge in [0.25, 0.3) is 5.56 Å². The van der Waals surface area contributed by atoms with E-state index >= 15 is 0 Å². The predicted octanol–water partition coefficient (Wildman–Crippen LogP) is 2.15. The number of thiophene rings is 1. The summed E-state index contributed by atoms with van der Waals surface area (Å²) in [7, 11) is 0. The third-order valence-corrected chi connectivity index (χ3v) is 6.28. The van der Waals surface area contributed by atoms with Crippen LogP contribution in [-0.4, -0.2) is 51.5 Å². The van der Waals surface area contributed by atoms with Crippen LogP contribution in [-0.2, 0) is 17.8 Å². The van der Waals surface area contributed by atoms with Crippen LogP contribution >= 0.6 is 11.3 Å². The van der Waals surface area contributed by atoms with Crippen molar-refractivity contribution < 1.29 is 4.79 Å². The first-order valence-corrected chi connectivity index (χ1v) is 10.4. The molecule has 0 bridgehead atoms. The van der Waals surface area contributed by atoms with Crippen LogP contribution in [0.4, 0.5) is 5.82 Å². The molecule has 0 unspecified atom stereocenters. The van der Waals surface area contributed by atoms with Crippen molar-refractivity contribution >= 4 is 33.3 Å². The molecular weight excluding hydrogens is 374 g/mol. The lowest BCUT2D eigenvalue weighted by Gasteiger charge is -2.35. The second kappa shape index (κ2) is 8.10. The quantitative estimate of drug-likeness (QED) is 0.660. The Morgan fingerprint density at radius 3 is 2.71 bits per heavy atom. The van der Waals surface area contributed by atoms with Crippen LogP contribution in [0.2, 0.25) is 0 Å². The molecular formula is C20H23N5O2S. The number of rotatable bonds is 5. The highest BCUT2D eigenvalue weighted by Crippen LogP contribution is 2.21. The maximum atomic E-state index is 12.6. The molecule has 4 rings (SSSR count). The molecule has 0 radical (unpaired) electrons. The Hall–Kier alpha value is -2.74. The third-order valence-electron chi connectivity index (χ3n) is 5.09. The van der Waals surface area contributed by atoms with Crippen molar-refractivity contribution in [3.63, 3.8) is 0 Å². The molecule has 1 saturated heterocycles. The van der Waals surface area contributed by atoms with E-state index in [0.29, 0.717) is 31.4 Å². The van der Waals surface area contributed by atoms with Gasteiger partial charge in [-0.05, 0) is 24.6 Å². The van der Waals surface area contributed by atoms with Crippen molar-refractivity contribution in [1.29, 1.82) is 0 Å². The summed E-state index contributed by atoms with van der Waals surface area (Å²) >= 11 is 1.56. The molecule has 3 aromatic rings. The fourth-order valence-corrected chi connectivity index (χ4v) is 4.37. The Labute approximate surface area is 167 Å². The van der Waals surface area contributed by atoms with E-state index in [9.17, 15) is 9.59 Å². The van der Waals surface area contributed by atoms with Crippen LogP contribution in [0.15, 0.2) is 41.6 Å². The topological polar surface area (TPSA) is 71.3 Å². The molecule has 0 saturated carbocycles. The Morgan fingerprint density at radius 1 is 1.18 bits per heavy atom. The van der Waals surface area contributed by atoms with Crippen LogP contribution in [0.25, 0.3) is 10.2 Å². The number of aromatic nitrogens is 3. The van der Waals surface area contributed by atoms with E-state index in [2.05, 4.69) is 21.8 Å². The summed E-state index contributed by atoms with van der Waals surface area (Å²) in [6.07, 6.45) is 4.55. The lowest BCUT2D eigenvalue weighted by Crippen LogP contribution is -2.49. The van der Waals surface area contributed by atoms with Gasteiger partial charge in [0, 0.05) is 50.2 Å². The number of hydrogen-bond acceptors (Lipinski definition) is 6. The van der Waals surface area contributed by atoms with Gasteiger partial charge in [-0.2, -0.15) is 0 Å². The molecule has 0 aliphatic carbocycles. The molecule has 0 N–H and O–H groups in total. The SMILES string of the molecule is CCc1cc2c(=O)n(CCC(=O)N3CCN(c4ccccn4)CC3)cnc2s1. The summed E-state index contributed by atoms with van der Waals surface area (Å²) in [5.41, 5.74) is -0.0614. The number of anilines is 1. The van der Waals surface area contributed by atoms with Gasteiger partial charge in [0.05, 0.1) is 11.7 Å². The van der Waals surface area contributed by atoms with Crippen molar-refractivity contribution in [2.45, 2.75) is 26.3 Å². The molecule has 1 aliphatic heterocycles. The number of piperazine rings is 1. The summed E-state index contributed by atoms with van der Waals surface area (Å²) in [5.74, 6) is 1.02. The summed E-state index contributed by atoms with van der Waals surface area (Å²) in [6.45, 7) is 5.31. The van der Waals surface area contributed by atoms with E-state index in [0.717, 1.165) is 35.0 Å². The van der Waals surface area contributed by atoms with Crippen molar-refractivity contribution in [1.82, 2.24) is 19.4 Å². The van der Waals surface area contributed by atoms with E-state index in [4.69, 9.17) is 0 Å². The van der Waals surface area contributed by atoms with Crippen LogP contribution in [0.3, 0.4) is 0 Å². The Kier molecular flexibility index (Phi) is 5.38. The molecule has 7 nitrogen and oxygen atoms in total. The largest absolute Gasteiger partial charge is 0.353 e. The molecule has 1 fully saturated rings. The van der Waals surface area contributed by atoms with E-state index in [1.807, 2.05) is 29.2 Å². The van der Waals surface area contributed by atoms with E-state index in [1.165, 1.54) is 0 Å². The number of amides is 1. The standard InChI is InChI=1S/C20H23N5O2S/c1-2-15-13-16-19(28-15)22-14-25(20(16)27)8-6-18(26)24-11-9-23(10-12-24)17-5-3-4-7-21-17/h3-5,7,13-14H,2,6,8-12H2,1H3. The number of carbonyl (C=O) groups excluding carboxylic acids is 1. The van der Waals surface area contributed by atoms with Crippen LogP contribution in [0, 0.1) is 0 Å². The zero-order valence-corrected chi connectivity index (χ0v) is 16.7. The molecule has 146 valence electrons. The van der Waals surface area contributed by atoms with Gasteiger partial charge in [0.15, 0.2) is 0 Å². The average Bonchev–Trinajstić information content (AvgIpc) is 3.18. The predicted molar refractivity (Wildman–Crippen MR) is 111 cm³/mol. The highest BCUT2D eigenvalue weighted by atomic mass is 32.1. The number of pyridine rings is 1. The lowest BCUT2D eigenvalue weighted by molar-refractivity contribution is -0.131. The van der Waals surface area contributed by atoms with Crippen molar-refractivity contribution in [2.75, 3.05) is 31.1 Å². The van der Waals surface area contributed by atoms with Gasteiger partial charge >= 0.3 is 0 Å². The second-order valence-corrected chi connectivity index (χ2v) is 7.95. The number of aryl methyl sites for hydroxylation is 2. The zero-order valence-electron chi connectivity index (χ0n) is 15.9. The molecule has 1 aliphatic rings. The molecule has 3 aromatic heterocycles. The normalized spacial score (nSPS) is 14.6. The van der Waals surface area contributed by atoms with E-state index < -0.39 is 0 Å². The molecule has 0 atom stereocenters. The molecule has 0 aromatic carbocycles. The van der Waals surface area contributed by atoms with Crippen LogP contribution in [0.5, 0.6) is 0 Å². The fraction of sp³-hybridized carbons (Fsp3) is 0.400. The highest BCUT2D eigenvalue weighted by Gasteiger charge is 2.21. The molecule has 1 amide bonds. The van der Waals surface area contributed by atoms with Gasteiger partial charge in [0.2, 0.25) is 5.91 Å². The summed E-state index contributed by atoms with van der Waals surface area (Å²) in [5, 5.41) is 0.653. The van der Waals surface area contributed by atoms with Crippen LogP contribution in [0.1, 0.15) is 18.2 Å². The minimum absolute atomic E-state index is 0.0614. The summed E-state index contributed by atoms with van der Waals surface area (Å²) in [4.78, 5) is 40.0. The number of hydrogen-bond donors (Lipinski definition) is 0. The minimum atomic E-state index is -0.0614. The van der Waals surface area contributed by atoms with Gasteiger partial charge < -0.3 is 9.80 Å². The maximum absolute atomic E-state index is 12.6. The molecule has 0 spiro atoms. The average molecular weight is 398 g/mol. The minimum Gasteiger partial charge on any atom is -0.353 e. The smallest absolute Gasteiger partial charge is 0.262 e. The monoisotopic (exact) mass is 397 g/mol. The van der Waals surface area contributed by atoms with Crippen molar-refractivity contribution in [3.8, 4) is 0 Å². The first-order chi connectivity index (χ1) is 13.7. The van der Waals surface area contributed by atoms with E-state index in [1.54, 1.807) is 28.4 Å². The number of nitrogens with zero attached hydrogens (tertiary/aromatic N) is 5. The number of carbonyl (C=O) groups is 1. The molecule has 28 heavy (non-hydrogen) atoms. The number of fused-ring (bicyclic) bond motifs is 1. The summed E-state index contributed by atoms with van der Waals surface area (Å²) in [6, 6.07) is 7.78. The van der Waals surface area contributed by atoms with Crippen LogP contribution < -0.4 is 10.5 Å². The van der Waals surface area contributed by atoms with Gasteiger partial charge in [-0.25, -0.2) is 9.97 Å². The second-order valence-electron chi connectivity index (χ2n) is 6.83. The first kappa shape index (κ1) is 18.6. The Balaban J connectivity index is 1.35. The Bertz CT molecular complexity index is 1020. The Morgan fingerprint density at radius 2 is 2.00 bits per heavy atom. The van der Waals surface area contributed by atoms with E-state index in [-0.39, 0.29) is 11.5 Å². The highest BCUT2D eigenvalue weighted by molar-refractivity contribution is 7.18. The first-order valence-electron chi connectivity index (χ1n) is 9.57. The maximum Gasteiger partial charge on any atom is 0.262 e. The summed E-state index contributed by atoms with van der Waals surface area (Å²) < 4.78 is 1.55. The molecule has 4 heterocycles. The van der Waals surface area contributed by atoms with Crippen molar-refractivity contribution in [2.24, 2.45) is 0 Å².